The number of carboxylic acid groups (broad SMARTS) is 1. The number of ether oxygens (including phenoxy) is 1. The number of halogens is 2. The van der Waals surface area contributed by atoms with Crippen molar-refractivity contribution in [1.29, 1.82) is 0 Å². The molecule has 120 valence electrons. The molecule has 0 saturated heterocycles. The molecule has 0 bridgehead atoms. The highest BCUT2D eigenvalue weighted by Crippen LogP contribution is 2.29. The summed E-state index contributed by atoms with van der Waals surface area (Å²) < 4.78 is 32.0. The van der Waals surface area contributed by atoms with E-state index >= 15 is 0 Å². The van der Waals surface area contributed by atoms with Crippen LogP contribution in [0.25, 0.3) is 11.1 Å². The number of carbonyl (C=O) groups excluding carboxylic acids is 1. The van der Waals surface area contributed by atoms with Crippen LogP contribution in [-0.4, -0.2) is 23.5 Å². The largest absolute Gasteiger partial charge is 0.485 e. The number of rotatable bonds is 6. The first-order valence-electron chi connectivity index (χ1n) is 6.89. The van der Waals surface area contributed by atoms with Crippen LogP contribution in [0.4, 0.5) is 8.78 Å². The van der Waals surface area contributed by atoms with Gasteiger partial charge in [-0.15, -0.1) is 0 Å². The van der Waals surface area contributed by atoms with E-state index in [4.69, 9.17) is 4.74 Å². The highest BCUT2D eigenvalue weighted by Gasteiger charge is 2.16. The molecular formula is C17H14F2O4. The molecule has 0 fully saturated rings. The van der Waals surface area contributed by atoms with Gasteiger partial charge in [-0.2, -0.15) is 0 Å². The van der Waals surface area contributed by atoms with Crippen molar-refractivity contribution in [3.05, 3.63) is 53.6 Å². The quantitative estimate of drug-likeness (QED) is 0.881. The summed E-state index contributed by atoms with van der Waals surface area (Å²) in [6.45, 7) is 1.44. The lowest BCUT2D eigenvalue weighted by Crippen LogP contribution is -2.12. The molecule has 2 rings (SSSR count). The Balaban J connectivity index is 2.39. The minimum absolute atomic E-state index is 0.0190. The summed E-state index contributed by atoms with van der Waals surface area (Å²) in [5.41, 5.74) is 0.147. The maximum Gasteiger partial charge on any atom is 0.339 e. The number of hydrogen-bond donors (Lipinski definition) is 1. The lowest BCUT2D eigenvalue weighted by Gasteiger charge is -2.11. The van der Waals surface area contributed by atoms with Gasteiger partial charge in [0.1, 0.15) is 29.6 Å². The zero-order valence-corrected chi connectivity index (χ0v) is 12.3. The summed E-state index contributed by atoms with van der Waals surface area (Å²) in [6, 6.07) is 7.07. The second kappa shape index (κ2) is 7.00. The van der Waals surface area contributed by atoms with Gasteiger partial charge in [-0.05, 0) is 29.8 Å². The molecule has 2 aromatic rings. The molecule has 0 unspecified atom stereocenters. The Morgan fingerprint density at radius 1 is 1.13 bits per heavy atom. The monoisotopic (exact) mass is 320 g/mol. The average Bonchev–Trinajstić information content (AvgIpc) is 2.52. The van der Waals surface area contributed by atoms with Crippen molar-refractivity contribution < 1.29 is 28.2 Å². The summed E-state index contributed by atoms with van der Waals surface area (Å²) in [5.74, 6) is -2.94. The van der Waals surface area contributed by atoms with Crippen LogP contribution in [-0.2, 0) is 4.79 Å². The summed E-state index contributed by atoms with van der Waals surface area (Å²) in [7, 11) is 0. The van der Waals surface area contributed by atoms with Crippen LogP contribution in [0.2, 0.25) is 0 Å². The number of benzene rings is 2. The van der Waals surface area contributed by atoms with Gasteiger partial charge in [0.25, 0.3) is 0 Å². The number of carboxylic acids is 1. The van der Waals surface area contributed by atoms with Gasteiger partial charge in [0, 0.05) is 18.1 Å². The maximum atomic E-state index is 13.8. The molecule has 0 spiro atoms. The lowest BCUT2D eigenvalue weighted by atomic mass is 10.0. The fourth-order valence-electron chi connectivity index (χ4n) is 1.97. The van der Waals surface area contributed by atoms with Crippen molar-refractivity contribution >= 4 is 11.8 Å². The second-order valence-corrected chi connectivity index (χ2v) is 4.82. The van der Waals surface area contributed by atoms with E-state index in [2.05, 4.69) is 0 Å². The molecule has 0 aliphatic rings. The third kappa shape index (κ3) is 3.91. The van der Waals surface area contributed by atoms with Crippen LogP contribution < -0.4 is 4.74 Å². The van der Waals surface area contributed by atoms with Gasteiger partial charge in [0.15, 0.2) is 5.78 Å². The van der Waals surface area contributed by atoms with Crippen molar-refractivity contribution in [1.82, 2.24) is 0 Å². The summed E-state index contributed by atoms with van der Waals surface area (Å²) in [4.78, 5) is 22.6. The van der Waals surface area contributed by atoms with E-state index in [9.17, 15) is 23.5 Å². The van der Waals surface area contributed by atoms with Crippen LogP contribution in [0, 0.1) is 11.6 Å². The van der Waals surface area contributed by atoms with E-state index in [1.807, 2.05) is 0 Å². The van der Waals surface area contributed by atoms with Crippen molar-refractivity contribution in [2.24, 2.45) is 0 Å². The van der Waals surface area contributed by atoms with Crippen molar-refractivity contribution in [2.75, 3.05) is 6.61 Å². The van der Waals surface area contributed by atoms with Crippen LogP contribution in [0.3, 0.4) is 0 Å². The van der Waals surface area contributed by atoms with E-state index in [1.165, 1.54) is 24.3 Å². The zero-order chi connectivity index (χ0) is 17.0. The zero-order valence-electron chi connectivity index (χ0n) is 12.3. The van der Waals surface area contributed by atoms with Crippen molar-refractivity contribution in [2.45, 2.75) is 13.3 Å². The van der Waals surface area contributed by atoms with Gasteiger partial charge >= 0.3 is 5.97 Å². The molecule has 23 heavy (non-hydrogen) atoms. The van der Waals surface area contributed by atoms with Gasteiger partial charge < -0.3 is 9.84 Å². The first-order valence-corrected chi connectivity index (χ1v) is 6.89. The summed E-state index contributed by atoms with van der Waals surface area (Å²) >= 11 is 0. The Bertz CT molecular complexity index is 756. The normalized spacial score (nSPS) is 10.4. The number of carbonyl (C=O) groups is 2. The van der Waals surface area contributed by atoms with Crippen LogP contribution in [0.1, 0.15) is 23.7 Å². The predicted molar refractivity (Wildman–Crippen MR) is 79.5 cm³/mol. The maximum absolute atomic E-state index is 13.8. The molecule has 0 aliphatic heterocycles. The minimum Gasteiger partial charge on any atom is -0.485 e. The van der Waals surface area contributed by atoms with E-state index in [0.29, 0.717) is 0 Å². The van der Waals surface area contributed by atoms with Gasteiger partial charge in [-0.1, -0.05) is 13.0 Å². The van der Waals surface area contributed by atoms with E-state index in [1.54, 1.807) is 6.92 Å². The SMILES string of the molecule is CCC(=O)COc1ccc(-c2ccc(F)cc2F)cc1C(=O)O. The van der Waals surface area contributed by atoms with Gasteiger partial charge in [0.05, 0.1) is 0 Å². The molecule has 0 amide bonds. The third-order valence-electron chi connectivity index (χ3n) is 3.24. The molecular weight excluding hydrogens is 306 g/mol. The Morgan fingerprint density at radius 2 is 1.87 bits per heavy atom. The van der Waals surface area contributed by atoms with E-state index in [0.717, 1.165) is 12.1 Å². The standard InChI is InChI=1S/C17H14F2O4/c1-2-12(20)9-23-16-6-3-10(7-14(16)17(21)22)13-5-4-11(18)8-15(13)19/h3-8H,2,9H2,1H3,(H,21,22). The number of aromatic carboxylic acids is 1. The first-order chi connectivity index (χ1) is 10.9. The smallest absolute Gasteiger partial charge is 0.339 e. The Kier molecular flexibility index (Phi) is 5.05. The number of Topliss-reactive ketones (excluding diaryl/α,β-unsaturated/α-hetero) is 1. The number of hydrogen-bond acceptors (Lipinski definition) is 3. The van der Waals surface area contributed by atoms with Crippen LogP contribution >= 0.6 is 0 Å². The first kappa shape index (κ1) is 16.6. The highest BCUT2D eigenvalue weighted by molar-refractivity contribution is 5.93. The van der Waals surface area contributed by atoms with Crippen LogP contribution in [0.5, 0.6) is 5.75 Å². The molecule has 0 saturated carbocycles. The Hall–Kier alpha value is -2.76. The molecule has 2 aromatic carbocycles. The third-order valence-corrected chi connectivity index (χ3v) is 3.24. The molecule has 0 aromatic heterocycles. The molecule has 0 heterocycles. The fraction of sp³-hybridized carbons (Fsp3) is 0.176. The second-order valence-electron chi connectivity index (χ2n) is 4.82. The lowest BCUT2D eigenvalue weighted by molar-refractivity contribution is -0.120. The Labute approximate surface area is 131 Å². The van der Waals surface area contributed by atoms with Gasteiger partial charge in [0.2, 0.25) is 0 Å². The van der Waals surface area contributed by atoms with Crippen LogP contribution in [0.15, 0.2) is 36.4 Å². The highest BCUT2D eigenvalue weighted by atomic mass is 19.1. The topological polar surface area (TPSA) is 63.6 Å². The molecule has 0 aliphatic carbocycles. The predicted octanol–water partition coefficient (Wildman–Crippen LogP) is 3.69. The van der Waals surface area contributed by atoms with Gasteiger partial charge in [-0.25, -0.2) is 13.6 Å². The minimum atomic E-state index is -1.27. The molecule has 6 heteroatoms. The Morgan fingerprint density at radius 3 is 2.48 bits per heavy atom. The van der Waals surface area contributed by atoms with Crippen molar-refractivity contribution in [3.63, 3.8) is 0 Å². The summed E-state index contributed by atoms with van der Waals surface area (Å²) in [6.07, 6.45) is 0.279. The molecule has 0 atom stereocenters. The van der Waals surface area contributed by atoms with Crippen molar-refractivity contribution in [3.8, 4) is 16.9 Å². The van der Waals surface area contributed by atoms with E-state index < -0.39 is 17.6 Å². The fourth-order valence-corrected chi connectivity index (χ4v) is 1.97. The van der Waals surface area contributed by atoms with E-state index in [-0.39, 0.29) is 41.3 Å². The average molecular weight is 320 g/mol. The summed E-state index contributed by atoms with van der Waals surface area (Å²) in [5, 5.41) is 9.25. The number of ketones is 1. The molecule has 4 nitrogen and oxygen atoms in total. The molecule has 1 N–H and O–H groups in total. The van der Waals surface area contributed by atoms with Gasteiger partial charge in [-0.3, -0.25) is 4.79 Å². The molecule has 0 radical (unpaired) electrons.